The fourth-order valence-corrected chi connectivity index (χ4v) is 3.78. The number of amides is 3. The predicted octanol–water partition coefficient (Wildman–Crippen LogP) is 2.02. The molecule has 38 heavy (non-hydrogen) atoms. The third-order valence-corrected chi connectivity index (χ3v) is 5.94. The second-order valence-corrected chi connectivity index (χ2v) is 9.18. The predicted molar refractivity (Wildman–Crippen MR) is 139 cm³/mol. The third kappa shape index (κ3) is 8.10. The molecule has 200 valence electrons. The highest BCUT2D eigenvalue weighted by molar-refractivity contribution is 5.97. The highest BCUT2D eigenvalue weighted by Gasteiger charge is 2.30. The van der Waals surface area contributed by atoms with Gasteiger partial charge in [-0.2, -0.15) is 0 Å². The van der Waals surface area contributed by atoms with Crippen molar-refractivity contribution in [2.45, 2.75) is 58.3 Å². The van der Waals surface area contributed by atoms with Crippen LogP contribution in [0.15, 0.2) is 59.1 Å². The lowest BCUT2D eigenvalue weighted by Gasteiger charge is -2.24. The molecule has 2 aromatic carbocycles. The van der Waals surface area contributed by atoms with E-state index in [4.69, 9.17) is 4.52 Å². The molecule has 1 aromatic heterocycles. The van der Waals surface area contributed by atoms with Gasteiger partial charge in [-0.3, -0.25) is 19.2 Å². The molecular weight excluding hydrogens is 488 g/mol. The van der Waals surface area contributed by atoms with Gasteiger partial charge in [0, 0.05) is 18.2 Å². The van der Waals surface area contributed by atoms with Crippen molar-refractivity contribution in [3.63, 3.8) is 0 Å². The average molecular weight is 521 g/mol. The largest absolute Gasteiger partial charge is 0.391 e. The first-order valence-electron chi connectivity index (χ1n) is 12.3. The number of nitrogens with one attached hydrogen (secondary N) is 3. The molecule has 4 N–H and O–H groups in total. The van der Waals surface area contributed by atoms with E-state index in [0.29, 0.717) is 17.7 Å². The average Bonchev–Trinajstić information content (AvgIpc) is 3.35. The Bertz CT molecular complexity index is 1270. The van der Waals surface area contributed by atoms with Gasteiger partial charge in [-0.05, 0) is 50.8 Å². The molecule has 0 spiro atoms. The van der Waals surface area contributed by atoms with Crippen molar-refractivity contribution in [3.05, 3.63) is 88.3 Å². The molecule has 0 bridgehead atoms. The first-order chi connectivity index (χ1) is 18.2. The van der Waals surface area contributed by atoms with Crippen LogP contribution in [0.2, 0.25) is 0 Å². The van der Waals surface area contributed by atoms with Crippen LogP contribution >= 0.6 is 0 Å². The molecule has 10 nitrogen and oxygen atoms in total. The summed E-state index contributed by atoms with van der Waals surface area (Å²) in [5, 5.41) is 21.8. The van der Waals surface area contributed by atoms with Crippen LogP contribution in [0.4, 0.5) is 0 Å². The van der Waals surface area contributed by atoms with E-state index in [1.807, 2.05) is 37.3 Å². The van der Waals surface area contributed by atoms with Gasteiger partial charge in [0.15, 0.2) is 5.69 Å². The van der Waals surface area contributed by atoms with Crippen LogP contribution in [-0.4, -0.2) is 52.5 Å². The lowest BCUT2D eigenvalue weighted by atomic mass is 10.0. The van der Waals surface area contributed by atoms with Crippen LogP contribution in [0, 0.1) is 13.8 Å². The van der Waals surface area contributed by atoms with Gasteiger partial charge in [0.2, 0.25) is 11.8 Å². The van der Waals surface area contributed by atoms with Gasteiger partial charge >= 0.3 is 0 Å². The molecular formula is C28H32N4O6. The number of aliphatic hydroxyl groups is 1. The van der Waals surface area contributed by atoms with Gasteiger partial charge in [0.05, 0.1) is 6.10 Å². The molecule has 3 rings (SSSR count). The first-order valence-corrected chi connectivity index (χ1v) is 12.3. The number of aliphatic hydroxyl groups excluding tert-OH is 1. The number of benzene rings is 2. The lowest BCUT2D eigenvalue weighted by molar-refractivity contribution is -0.131. The van der Waals surface area contributed by atoms with E-state index < -0.39 is 35.9 Å². The number of carbonyl (C=O) groups excluding carboxylic acids is 4. The smallest absolute Gasteiger partial charge is 0.274 e. The van der Waals surface area contributed by atoms with E-state index in [2.05, 4.69) is 21.1 Å². The zero-order chi connectivity index (χ0) is 27.7. The molecule has 0 aliphatic rings. The van der Waals surface area contributed by atoms with E-state index in [1.54, 1.807) is 25.1 Å². The van der Waals surface area contributed by atoms with Crippen LogP contribution in [0.3, 0.4) is 0 Å². The normalized spacial score (nSPS) is 13.2. The summed E-state index contributed by atoms with van der Waals surface area (Å²) in [6.45, 7) is 5.20. The number of aromatic nitrogens is 1. The fourth-order valence-electron chi connectivity index (χ4n) is 3.78. The van der Waals surface area contributed by atoms with Gasteiger partial charge < -0.3 is 25.6 Å². The molecule has 0 aliphatic carbocycles. The van der Waals surface area contributed by atoms with Crippen molar-refractivity contribution in [1.82, 2.24) is 21.1 Å². The summed E-state index contributed by atoms with van der Waals surface area (Å²) in [6, 6.07) is 13.7. The molecule has 0 aliphatic heterocycles. The zero-order valence-electron chi connectivity index (χ0n) is 21.6. The molecule has 1 heterocycles. The van der Waals surface area contributed by atoms with E-state index in [9.17, 15) is 24.3 Å². The molecule has 3 amide bonds. The zero-order valence-corrected chi connectivity index (χ0v) is 21.6. The topological polar surface area (TPSA) is 151 Å². The quantitative estimate of drug-likeness (QED) is 0.267. The molecule has 0 radical (unpaired) electrons. The Morgan fingerprint density at radius 3 is 2.37 bits per heavy atom. The maximum Gasteiger partial charge on any atom is 0.274 e. The number of carbonyl (C=O) groups is 4. The van der Waals surface area contributed by atoms with Gasteiger partial charge in [-0.25, -0.2) is 0 Å². The Morgan fingerprint density at radius 2 is 1.74 bits per heavy atom. The number of hydrogen-bond donors (Lipinski definition) is 4. The minimum atomic E-state index is -1.34. The van der Waals surface area contributed by atoms with E-state index >= 15 is 0 Å². The number of hydrogen-bond acceptors (Lipinski definition) is 7. The third-order valence-electron chi connectivity index (χ3n) is 5.94. The van der Waals surface area contributed by atoms with Crippen LogP contribution in [-0.2, 0) is 22.6 Å². The van der Waals surface area contributed by atoms with Gasteiger partial charge in [0.25, 0.3) is 5.91 Å². The minimum absolute atomic E-state index is 0.0385. The highest BCUT2D eigenvalue weighted by Crippen LogP contribution is 2.10. The van der Waals surface area contributed by atoms with Crippen molar-refractivity contribution >= 4 is 24.0 Å². The van der Waals surface area contributed by atoms with Crippen molar-refractivity contribution in [2.75, 3.05) is 0 Å². The molecule has 0 unspecified atom stereocenters. The number of nitrogens with zero attached hydrogens (tertiary/aromatic N) is 1. The lowest BCUT2D eigenvalue weighted by Crippen LogP contribution is -2.57. The van der Waals surface area contributed by atoms with Crippen molar-refractivity contribution in [2.24, 2.45) is 0 Å². The monoisotopic (exact) mass is 520 g/mol. The Morgan fingerprint density at radius 1 is 1.00 bits per heavy atom. The molecule has 0 saturated carbocycles. The van der Waals surface area contributed by atoms with Crippen LogP contribution in [0.5, 0.6) is 0 Å². The van der Waals surface area contributed by atoms with E-state index in [1.165, 1.54) is 13.0 Å². The molecule has 10 heteroatoms. The summed E-state index contributed by atoms with van der Waals surface area (Å²) in [6.07, 6.45) is 0.0988. The standard InChI is InChI=1S/C28H32N4O6/c1-17-7-9-21(10-8-17)15-29-26(35)23(12-11-20-5-4-6-22(14-20)16-33)30-28(37)25(19(3)34)31-27(36)24-13-18(2)38-32-24/h4-10,13-14,16,19,23,25,34H,11-12,15H2,1-3H3,(H,29,35)(H,30,37)(H,31,36)/t19-,23+,25+/m1/s1. The highest BCUT2D eigenvalue weighted by atomic mass is 16.5. The molecule has 3 atom stereocenters. The summed E-state index contributed by atoms with van der Waals surface area (Å²) in [5.41, 5.74) is 3.27. The van der Waals surface area contributed by atoms with Crippen LogP contribution < -0.4 is 16.0 Å². The minimum Gasteiger partial charge on any atom is -0.391 e. The maximum absolute atomic E-state index is 13.1. The first kappa shape index (κ1) is 28.3. The summed E-state index contributed by atoms with van der Waals surface area (Å²) < 4.78 is 4.90. The van der Waals surface area contributed by atoms with Crippen molar-refractivity contribution in [1.29, 1.82) is 0 Å². The van der Waals surface area contributed by atoms with Crippen molar-refractivity contribution in [3.8, 4) is 0 Å². The fraction of sp³-hybridized carbons (Fsp3) is 0.321. The summed E-state index contributed by atoms with van der Waals surface area (Å²) in [4.78, 5) is 49.9. The Balaban J connectivity index is 1.73. The summed E-state index contributed by atoms with van der Waals surface area (Å²) in [7, 11) is 0. The second kappa shape index (κ2) is 13.3. The Kier molecular flexibility index (Phi) is 9.89. The number of aldehydes is 1. The number of aryl methyl sites for hydroxylation is 3. The van der Waals surface area contributed by atoms with Gasteiger partial charge in [0.1, 0.15) is 24.1 Å². The van der Waals surface area contributed by atoms with Gasteiger partial charge in [-0.1, -0.05) is 53.2 Å². The van der Waals surface area contributed by atoms with Crippen LogP contribution in [0.25, 0.3) is 0 Å². The van der Waals surface area contributed by atoms with Crippen molar-refractivity contribution < 1.29 is 28.8 Å². The molecule has 0 saturated heterocycles. The number of rotatable bonds is 12. The summed E-state index contributed by atoms with van der Waals surface area (Å²) >= 11 is 0. The van der Waals surface area contributed by atoms with E-state index in [-0.39, 0.29) is 18.7 Å². The molecule has 3 aromatic rings. The second-order valence-electron chi connectivity index (χ2n) is 9.18. The Labute approximate surface area is 220 Å². The SMILES string of the molecule is Cc1ccc(CNC(=O)[C@H](CCc2cccc(C=O)c2)NC(=O)[C@@H](NC(=O)c2cc(C)on2)[C@@H](C)O)cc1. The summed E-state index contributed by atoms with van der Waals surface area (Å²) in [5.74, 6) is -1.44. The van der Waals surface area contributed by atoms with Gasteiger partial charge in [-0.15, -0.1) is 0 Å². The molecule has 0 fully saturated rings. The Hall–Kier alpha value is -4.31. The maximum atomic E-state index is 13.1. The van der Waals surface area contributed by atoms with Crippen LogP contribution in [0.1, 0.15) is 56.6 Å². The van der Waals surface area contributed by atoms with E-state index in [0.717, 1.165) is 23.0 Å².